The van der Waals surface area contributed by atoms with Crippen LogP contribution in [-0.4, -0.2) is 6.61 Å². The van der Waals surface area contributed by atoms with E-state index in [4.69, 9.17) is 9.05 Å². The van der Waals surface area contributed by atoms with Gasteiger partial charge < -0.3 is 0 Å². The Morgan fingerprint density at radius 1 is 0.900 bits per heavy atom. The highest BCUT2D eigenvalue weighted by atomic mass is 31.1. The van der Waals surface area contributed by atoms with Crippen LogP contribution >= 0.6 is 8.25 Å². The van der Waals surface area contributed by atoms with Crippen molar-refractivity contribution in [1.82, 2.24) is 0 Å². The predicted molar refractivity (Wildman–Crippen MR) is 85.4 cm³/mol. The van der Waals surface area contributed by atoms with Gasteiger partial charge in [0.05, 0.1) is 0 Å². The zero-order chi connectivity index (χ0) is 15.1. The molecule has 0 saturated carbocycles. The van der Waals surface area contributed by atoms with E-state index in [0.29, 0.717) is 12.4 Å². The van der Waals surface area contributed by atoms with Gasteiger partial charge in [0, 0.05) is 4.57 Å². The molecule has 0 aliphatic heterocycles. The van der Waals surface area contributed by atoms with E-state index in [-0.39, 0.29) is 0 Å². The van der Waals surface area contributed by atoms with Crippen molar-refractivity contribution in [2.24, 2.45) is 0 Å². The summed E-state index contributed by atoms with van der Waals surface area (Å²) in [7, 11) is -2.02. The van der Waals surface area contributed by atoms with Gasteiger partial charge in [0.15, 0.2) is 5.75 Å². The average molecular weight is 299 g/mol. The minimum absolute atomic E-state index is 0.485. The largest absolute Gasteiger partial charge is 0.750 e. The summed E-state index contributed by atoms with van der Waals surface area (Å²) in [6, 6.07) is 9.01. The molecule has 114 valence electrons. The van der Waals surface area contributed by atoms with Crippen LogP contribution in [0.1, 0.15) is 59.3 Å². The summed E-state index contributed by atoms with van der Waals surface area (Å²) in [6.07, 6.45) is 7.46. The first kappa shape index (κ1) is 19.1. The molecule has 0 saturated heterocycles. The molecule has 3 nitrogen and oxygen atoms in total. The van der Waals surface area contributed by atoms with Gasteiger partial charge in [-0.25, -0.2) is 4.52 Å². The lowest BCUT2D eigenvalue weighted by atomic mass is 10.2. The Morgan fingerprint density at radius 3 is 1.95 bits per heavy atom. The third-order valence-electron chi connectivity index (χ3n) is 2.57. The predicted octanol–water partition coefficient (Wildman–Crippen LogP) is 6.13. The molecule has 1 unspecified atom stereocenters. The number of unbranched alkanes of at least 4 members (excludes halogenated alkanes) is 4. The van der Waals surface area contributed by atoms with E-state index in [1.807, 2.05) is 18.2 Å². The van der Waals surface area contributed by atoms with Gasteiger partial charge in [0.25, 0.3) is 0 Å². The van der Waals surface area contributed by atoms with Gasteiger partial charge in [-0.15, -0.1) is 4.52 Å². The van der Waals surface area contributed by atoms with E-state index in [0.717, 1.165) is 12.8 Å². The molecule has 0 aromatic heterocycles. The van der Waals surface area contributed by atoms with Gasteiger partial charge in [-0.05, 0) is 18.6 Å². The third kappa shape index (κ3) is 12.1. The lowest BCUT2D eigenvalue weighted by Gasteiger charge is -1.91. The number of benzene rings is 1. The molecule has 0 amide bonds. The average Bonchev–Trinajstić information content (AvgIpc) is 2.47. The zero-order valence-electron chi connectivity index (χ0n) is 13.0. The number of para-hydroxylation sites is 1. The van der Waals surface area contributed by atoms with Crippen LogP contribution in [0, 0.1) is 0 Å². The van der Waals surface area contributed by atoms with Crippen molar-refractivity contribution in [2.45, 2.75) is 59.3 Å². The molecule has 0 spiro atoms. The minimum atomic E-state index is -2.02. The SMILES string of the molecule is CCCCCC.CCCCO[P+](=O)Oc1ccccc1. The molecular formula is C16H28O3P+. The van der Waals surface area contributed by atoms with E-state index >= 15 is 0 Å². The van der Waals surface area contributed by atoms with E-state index in [2.05, 4.69) is 20.8 Å². The summed E-state index contributed by atoms with van der Waals surface area (Å²) < 4.78 is 21.2. The topological polar surface area (TPSA) is 35.5 Å². The molecule has 0 radical (unpaired) electrons. The standard InChI is InChI=1S/C10H14O3P.C6H14/c1-2-3-9-12-14(11)13-10-7-5-4-6-8-10;1-3-5-6-4-2/h4-8H,2-3,9H2,1H3;3-6H2,1-2H3/q+1;. The molecule has 1 aromatic rings. The Kier molecular flexibility index (Phi) is 13.8. The third-order valence-corrected chi connectivity index (χ3v) is 3.33. The number of hydrogen-bond donors (Lipinski definition) is 0. The second-order valence-electron chi connectivity index (χ2n) is 4.52. The fourth-order valence-electron chi connectivity index (χ4n) is 1.38. The van der Waals surface area contributed by atoms with Gasteiger partial charge in [-0.1, -0.05) is 71.1 Å². The van der Waals surface area contributed by atoms with Gasteiger partial charge >= 0.3 is 8.25 Å². The van der Waals surface area contributed by atoms with Crippen molar-refractivity contribution in [2.75, 3.05) is 6.61 Å². The molecule has 1 atom stereocenters. The monoisotopic (exact) mass is 299 g/mol. The van der Waals surface area contributed by atoms with E-state index in [9.17, 15) is 4.57 Å². The maximum absolute atomic E-state index is 11.2. The molecule has 1 aromatic carbocycles. The van der Waals surface area contributed by atoms with Gasteiger partial charge in [0.2, 0.25) is 0 Å². The van der Waals surface area contributed by atoms with Crippen molar-refractivity contribution in [3.05, 3.63) is 30.3 Å². The Bertz CT molecular complexity index is 324. The number of hydrogen-bond acceptors (Lipinski definition) is 3. The van der Waals surface area contributed by atoms with Crippen LogP contribution in [0.5, 0.6) is 5.75 Å². The molecule has 0 aliphatic rings. The quantitative estimate of drug-likeness (QED) is 0.406. The summed E-state index contributed by atoms with van der Waals surface area (Å²) in [6.45, 7) is 7.00. The maximum Gasteiger partial charge on any atom is 0.750 e. The fraction of sp³-hybridized carbons (Fsp3) is 0.625. The van der Waals surface area contributed by atoms with Crippen LogP contribution in [0.15, 0.2) is 30.3 Å². The summed E-state index contributed by atoms with van der Waals surface area (Å²) in [5.74, 6) is 0.574. The van der Waals surface area contributed by atoms with Crippen molar-refractivity contribution in [1.29, 1.82) is 0 Å². The molecule has 0 bridgehead atoms. The highest BCUT2D eigenvalue weighted by Crippen LogP contribution is 2.27. The van der Waals surface area contributed by atoms with Gasteiger partial charge in [0.1, 0.15) is 6.61 Å². The van der Waals surface area contributed by atoms with Crippen LogP contribution in [-0.2, 0) is 9.09 Å². The van der Waals surface area contributed by atoms with E-state index in [1.165, 1.54) is 25.7 Å². The van der Waals surface area contributed by atoms with Gasteiger partial charge in [-0.2, -0.15) is 0 Å². The summed E-state index contributed by atoms with van der Waals surface area (Å²) in [5, 5.41) is 0. The first-order valence-corrected chi connectivity index (χ1v) is 8.67. The molecule has 1 rings (SSSR count). The highest BCUT2D eigenvalue weighted by molar-refractivity contribution is 7.33. The van der Waals surface area contributed by atoms with Crippen molar-refractivity contribution in [3.63, 3.8) is 0 Å². The second kappa shape index (κ2) is 14.5. The van der Waals surface area contributed by atoms with Gasteiger partial charge in [-0.3, -0.25) is 0 Å². The Balaban J connectivity index is 0.000000511. The van der Waals surface area contributed by atoms with Crippen LogP contribution in [0.25, 0.3) is 0 Å². The molecule has 0 heterocycles. The normalized spacial score (nSPS) is 10.4. The Hall–Kier alpha value is -0.920. The van der Waals surface area contributed by atoms with E-state index < -0.39 is 8.25 Å². The second-order valence-corrected chi connectivity index (χ2v) is 5.41. The van der Waals surface area contributed by atoms with Crippen LogP contribution in [0.3, 0.4) is 0 Å². The maximum atomic E-state index is 11.2. The first-order valence-electron chi connectivity index (χ1n) is 7.57. The van der Waals surface area contributed by atoms with Crippen molar-refractivity contribution < 1.29 is 13.6 Å². The first-order chi connectivity index (χ1) is 9.74. The molecule has 0 aliphatic carbocycles. The van der Waals surface area contributed by atoms with Crippen LogP contribution in [0.4, 0.5) is 0 Å². The Labute approximate surface area is 124 Å². The lowest BCUT2D eigenvalue weighted by molar-refractivity contribution is 0.281. The summed E-state index contributed by atoms with van der Waals surface area (Å²) in [5.41, 5.74) is 0. The number of rotatable bonds is 9. The Morgan fingerprint density at radius 2 is 1.45 bits per heavy atom. The van der Waals surface area contributed by atoms with Crippen LogP contribution in [0.2, 0.25) is 0 Å². The fourth-order valence-corrected chi connectivity index (χ4v) is 2.00. The van der Waals surface area contributed by atoms with E-state index in [1.54, 1.807) is 12.1 Å². The molecule has 20 heavy (non-hydrogen) atoms. The zero-order valence-corrected chi connectivity index (χ0v) is 13.9. The molecule has 4 heteroatoms. The summed E-state index contributed by atoms with van der Waals surface area (Å²) in [4.78, 5) is 0. The summed E-state index contributed by atoms with van der Waals surface area (Å²) >= 11 is 0. The highest BCUT2D eigenvalue weighted by Gasteiger charge is 2.20. The minimum Gasteiger partial charge on any atom is -0.229 e. The molecule has 0 N–H and O–H groups in total. The van der Waals surface area contributed by atoms with Crippen molar-refractivity contribution in [3.8, 4) is 5.75 Å². The molecule has 0 fully saturated rings. The molecular weight excluding hydrogens is 271 g/mol. The van der Waals surface area contributed by atoms with Crippen LogP contribution < -0.4 is 4.52 Å². The smallest absolute Gasteiger partial charge is 0.229 e. The van der Waals surface area contributed by atoms with Crippen molar-refractivity contribution >= 4 is 8.25 Å². The lowest BCUT2D eigenvalue weighted by Crippen LogP contribution is -1.89.